The van der Waals surface area contributed by atoms with E-state index in [1.807, 2.05) is 77.2 Å². The molecule has 178 valence electrons. The highest BCUT2D eigenvalue weighted by atomic mass is 79.9. The first-order chi connectivity index (χ1) is 17.1. The van der Waals surface area contributed by atoms with Gasteiger partial charge in [0.15, 0.2) is 5.82 Å². The maximum absolute atomic E-state index is 13.5. The molecule has 0 aliphatic carbocycles. The lowest BCUT2D eigenvalue weighted by molar-refractivity contribution is 0.669. The van der Waals surface area contributed by atoms with Crippen molar-refractivity contribution in [2.24, 2.45) is 7.05 Å². The van der Waals surface area contributed by atoms with E-state index in [-0.39, 0.29) is 5.69 Å². The van der Waals surface area contributed by atoms with E-state index in [0.29, 0.717) is 12.4 Å². The third kappa shape index (κ3) is 4.49. The summed E-state index contributed by atoms with van der Waals surface area (Å²) in [6.07, 6.45) is 8.64. The predicted molar refractivity (Wildman–Crippen MR) is 137 cm³/mol. The Balaban J connectivity index is 1.48. The molecular formula is C25H25BrN8O. The first-order valence-corrected chi connectivity index (χ1v) is 12.3. The molecule has 0 saturated carbocycles. The minimum absolute atomic E-state index is 0.0640. The third-order valence-electron chi connectivity index (χ3n) is 6.04. The zero-order valence-corrected chi connectivity index (χ0v) is 21.1. The Morgan fingerprint density at radius 2 is 1.91 bits per heavy atom. The fourth-order valence-corrected chi connectivity index (χ4v) is 4.82. The van der Waals surface area contributed by atoms with Gasteiger partial charge in [0.05, 0.1) is 16.7 Å². The van der Waals surface area contributed by atoms with Crippen LogP contribution in [0.4, 0.5) is 0 Å². The Kier molecular flexibility index (Phi) is 6.45. The summed E-state index contributed by atoms with van der Waals surface area (Å²) in [6.45, 7) is 2.61. The second-order valence-corrected chi connectivity index (χ2v) is 9.26. The van der Waals surface area contributed by atoms with Crippen LogP contribution in [0.3, 0.4) is 0 Å². The quantitative estimate of drug-likeness (QED) is 0.319. The smallest absolute Gasteiger partial charge is 0.334 e. The maximum atomic E-state index is 13.5. The van der Waals surface area contributed by atoms with E-state index < -0.39 is 0 Å². The average molecular weight is 533 g/mol. The molecule has 4 heterocycles. The number of benzene rings is 1. The van der Waals surface area contributed by atoms with Crippen LogP contribution in [-0.4, -0.2) is 39.3 Å². The molecule has 0 amide bonds. The van der Waals surface area contributed by atoms with Crippen LogP contribution in [0.25, 0.3) is 28.5 Å². The Bertz CT molecular complexity index is 1480. The molecule has 5 aromatic rings. The van der Waals surface area contributed by atoms with Gasteiger partial charge in [-0.1, -0.05) is 43.7 Å². The highest BCUT2D eigenvalue weighted by molar-refractivity contribution is 9.10. The summed E-state index contributed by atoms with van der Waals surface area (Å²) in [5, 5.41) is 14.2. The van der Waals surface area contributed by atoms with Gasteiger partial charge in [-0.3, -0.25) is 14.1 Å². The fourth-order valence-electron chi connectivity index (χ4n) is 4.23. The Hall–Kier alpha value is -3.79. The van der Waals surface area contributed by atoms with Gasteiger partial charge >= 0.3 is 5.69 Å². The molecule has 1 N–H and O–H groups in total. The molecule has 10 heteroatoms. The van der Waals surface area contributed by atoms with Crippen molar-refractivity contribution in [1.82, 2.24) is 39.3 Å². The van der Waals surface area contributed by atoms with Gasteiger partial charge in [-0.05, 0) is 56.9 Å². The number of imidazole rings is 1. The van der Waals surface area contributed by atoms with Crippen LogP contribution in [0.1, 0.15) is 31.0 Å². The molecule has 9 nitrogen and oxygen atoms in total. The van der Waals surface area contributed by atoms with E-state index in [0.717, 1.165) is 57.6 Å². The molecule has 5 rings (SSSR count). The van der Waals surface area contributed by atoms with Gasteiger partial charge < -0.3 is 4.57 Å². The van der Waals surface area contributed by atoms with Gasteiger partial charge in [-0.2, -0.15) is 0 Å². The van der Waals surface area contributed by atoms with Crippen LogP contribution in [0.5, 0.6) is 0 Å². The maximum Gasteiger partial charge on any atom is 0.334 e. The summed E-state index contributed by atoms with van der Waals surface area (Å²) in [4.78, 5) is 18.2. The van der Waals surface area contributed by atoms with E-state index in [9.17, 15) is 4.79 Å². The SMILES string of the molecule is CCCCc1cn(-c2c(Br)ccn2C)c(=O)n1Cc1ccc(-c2ccccc2-c2nnn[nH]2)nc1. The average Bonchev–Trinajstić information content (AvgIpc) is 3.60. The topological polar surface area (TPSA) is 99.2 Å². The van der Waals surface area contributed by atoms with Gasteiger partial charge in [0.2, 0.25) is 0 Å². The molecule has 35 heavy (non-hydrogen) atoms. The van der Waals surface area contributed by atoms with Gasteiger partial charge in [0.25, 0.3) is 0 Å². The lowest BCUT2D eigenvalue weighted by Crippen LogP contribution is -2.26. The summed E-state index contributed by atoms with van der Waals surface area (Å²) < 4.78 is 6.39. The molecule has 0 radical (unpaired) electrons. The van der Waals surface area contributed by atoms with E-state index in [2.05, 4.69) is 43.5 Å². The van der Waals surface area contributed by atoms with Crippen molar-refractivity contribution in [3.8, 4) is 28.5 Å². The zero-order valence-electron chi connectivity index (χ0n) is 19.5. The number of aryl methyl sites for hydroxylation is 2. The summed E-state index contributed by atoms with van der Waals surface area (Å²) in [5.74, 6) is 1.41. The molecule has 0 aliphatic heterocycles. The van der Waals surface area contributed by atoms with Crippen LogP contribution in [0.2, 0.25) is 0 Å². The number of nitrogens with zero attached hydrogens (tertiary/aromatic N) is 7. The van der Waals surface area contributed by atoms with Gasteiger partial charge in [-0.15, -0.1) is 5.10 Å². The van der Waals surface area contributed by atoms with Crippen molar-refractivity contribution in [2.75, 3.05) is 0 Å². The predicted octanol–water partition coefficient (Wildman–Crippen LogP) is 4.37. The monoisotopic (exact) mass is 532 g/mol. The molecule has 0 saturated heterocycles. The third-order valence-corrected chi connectivity index (χ3v) is 6.66. The van der Waals surface area contributed by atoms with Crippen molar-refractivity contribution in [3.63, 3.8) is 0 Å². The molecule has 0 atom stereocenters. The second kappa shape index (κ2) is 9.83. The van der Waals surface area contributed by atoms with Crippen LogP contribution in [-0.2, 0) is 20.0 Å². The Labute approximate surface area is 210 Å². The normalized spacial score (nSPS) is 11.3. The molecule has 0 spiro atoms. The molecule has 0 unspecified atom stereocenters. The number of aromatic amines is 1. The molecule has 0 aliphatic rings. The number of hydrogen-bond acceptors (Lipinski definition) is 5. The number of rotatable bonds is 8. The molecular weight excluding hydrogens is 508 g/mol. The first-order valence-electron chi connectivity index (χ1n) is 11.5. The minimum Gasteiger partial charge on any atom is -0.336 e. The zero-order chi connectivity index (χ0) is 24.4. The van der Waals surface area contributed by atoms with E-state index in [1.165, 1.54) is 0 Å². The lowest BCUT2D eigenvalue weighted by Gasteiger charge is -2.09. The van der Waals surface area contributed by atoms with E-state index in [4.69, 9.17) is 4.98 Å². The number of nitrogens with one attached hydrogen (secondary N) is 1. The van der Waals surface area contributed by atoms with Crippen molar-refractivity contribution in [3.05, 3.63) is 87.3 Å². The molecule has 0 bridgehead atoms. The van der Waals surface area contributed by atoms with Gasteiger partial charge in [0, 0.05) is 42.5 Å². The summed E-state index contributed by atoms with van der Waals surface area (Å²) in [5.41, 5.74) is 4.52. The van der Waals surface area contributed by atoms with Crippen molar-refractivity contribution in [2.45, 2.75) is 32.7 Å². The fraction of sp³-hybridized carbons (Fsp3) is 0.240. The largest absolute Gasteiger partial charge is 0.336 e. The van der Waals surface area contributed by atoms with E-state index >= 15 is 0 Å². The number of aromatic nitrogens is 8. The van der Waals surface area contributed by atoms with Crippen molar-refractivity contribution in [1.29, 1.82) is 0 Å². The van der Waals surface area contributed by atoms with Gasteiger partial charge in [0.1, 0.15) is 5.82 Å². The standard InChI is InChI=1S/C25H25BrN8O/c1-3-4-7-18-16-34(24-21(26)12-13-32(24)2)25(35)33(18)15-17-10-11-22(27-14-17)19-8-5-6-9-20(19)23-28-30-31-29-23/h5-6,8-14,16H,3-4,7,15H2,1-2H3,(H,28,29,30,31). The number of pyridine rings is 1. The van der Waals surface area contributed by atoms with Crippen LogP contribution in [0, 0.1) is 0 Å². The summed E-state index contributed by atoms with van der Waals surface area (Å²) in [7, 11) is 1.94. The van der Waals surface area contributed by atoms with Crippen LogP contribution < -0.4 is 5.69 Å². The molecule has 0 fully saturated rings. The number of H-pyrrole nitrogens is 1. The molecule has 4 aromatic heterocycles. The van der Waals surface area contributed by atoms with Gasteiger partial charge in [-0.25, -0.2) is 9.89 Å². The highest BCUT2D eigenvalue weighted by Gasteiger charge is 2.17. The number of halogens is 1. The number of hydrogen-bond donors (Lipinski definition) is 1. The number of tetrazole rings is 1. The second-order valence-electron chi connectivity index (χ2n) is 8.41. The Morgan fingerprint density at radius 3 is 2.57 bits per heavy atom. The summed E-state index contributed by atoms with van der Waals surface area (Å²) >= 11 is 3.58. The van der Waals surface area contributed by atoms with Crippen LogP contribution >= 0.6 is 15.9 Å². The molecule has 1 aromatic carbocycles. The minimum atomic E-state index is -0.0640. The highest BCUT2D eigenvalue weighted by Crippen LogP contribution is 2.28. The summed E-state index contributed by atoms with van der Waals surface area (Å²) in [6, 6.07) is 13.8. The van der Waals surface area contributed by atoms with Crippen molar-refractivity contribution >= 4 is 15.9 Å². The van der Waals surface area contributed by atoms with Crippen molar-refractivity contribution < 1.29 is 0 Å². The van der Waals surface area contributed by atoms with Crippen LogP contribution in [0.15, 0.2) is 70.3 Å². The number of unbranched alkanes of at least 4 members (excludes halogenated alkanes) is 1. The lowest BCUT2D eigenvalue weighted by atomic mass is 10.0. The Morgan fingerprint density at radius 1 is 1.09 bits per heavy atom. The van der Waals surface area contributed by atoms with E-state index in [1.54, 1.807) is 4.57 Å². The first kappa shape index (κ1) is 23.0.